The van der Waals surface area contributed by atoms with E-state index in [1.54, 1.807) is 6.92 Å². The highest BCUT2D eigenvalue weighted by Crippen LogP contribution is 2.43. The molecule has 17 heavy (non-hydrogen) atoms. The summed E-state index contributed by atoms with van der Waals surface area (Å²) in [6.07, 6.45) is 1.06. The fourth-order valence-electron chi connectivity index (χ4n) is 1.84. The fraction of sp³-hybridized carbons (Fsp3) is 0.417. The third kappa shape index (κ3) is 2.29. The van der Waals surface area contributed by atoms with Gasteiger partial charge in [-0.25, -0.2) is 4.39 Å². The van der Waals surface area contributed by atoms with Crippen LogP contribution in [-0.2, 0) is 4.79 Å². The van der Waals surface area contributed by atoms with Crippen molar-refractivity contribution < 1.29 is 18.7 Å². The normalized spacial score (nSPS) is 15.5. The molecule has 5 heteroatoms. The molecule has 1 heterocycles. The number of ether oxygens (including phenoxy) is 2. The van der Waals surface area contributed by atoms with Gasteiger partial charge in [0, 0.05) is 18.1 Å². The number of hydrogen-bond acceptors (Lipinski definition) is 3. The maximum Gasteiger partial charge on any atom is 0.176 e. The van der Waals surface area contributed by atoms with Crippen LogP contribution in [0.5, 0.6) is 11.5 Å². The Bertz CT molecular complexity index is 448. The van der Waals surface area contributed by atoms with Crippen molar-refractivity contribution in [2.24, 2.45) is 0 Å². The lowest BCUT2D eigenvalue weighted by molar-refractivity contribution is -0.108. The van der Waals surface area contributed by atoms with Crippen LogP contribution in [0.4, 0.5) is 4.39 Å². The van der Waals surface area contributed by atoms with Crippen LogP contribution >= 0.6 is 15.9 Å². The molecular weight excluding hydrogens is 291 g/mol. The molecule has 1 unspecified atom stereocenters. The average molecular weight is 303 g/mol. The van der Waals surface area contributed by atoms with Gasteiger partial charge in [-0.2, -0.15) is 0 Å². The largest absolute Gasteiger partial charge is 0.486 e. The Morgan fingerprint density at radius 2 is 2.24 bits per heavy atom. The van der Waals surface area contributed by atoms with E-state index in [2.05, 4.69) is 15.9 Å². The minimum atomic E-state index is -0.379. The molecule has 2 rings (SSSR count). The minimum absolute atomic E-state index is 0.197. The van der Waals surface area contributed by atoms with Crippen molar-refractivity contribution in [3.05, 3.63) is 21.9 Å². The highest BCUT2D eigenvalue weighted by molar-refractivity contribution is 9.10. The van der Waals surface area contributed by atoms with E-state index in [1.165, 1.54) is 6.07 Å². The summed E-state index contributed by atoms with van der Waals surface area (Å²) in [7, 11) is 0. The van der Waals surface area contributed by atoms with Crippen LogP contribution < -0.4 is 9.47 Å². The van der Waals surface area contributed by atoms with Gasteiger partial charge >= 0.3 is 0 Å². The maximum absolute atomic E-state index is 13.9. The summed E-state index contributed by atoms with van der Waals surface area (Å²) in [4.78, 5) is 10.5. The number of hydrogen-bond donors (Lipinski definition) is 0. The second-order valence-corrected chi connectivity index (χ2v) is 4.71. The molecule has 0 aromatic heterocycles. The first-order valence-corrected chi connectivity index (χ1v) is 6.15. The smallest absolute Gasteiger partial charge is 0.176 e. The van der Waals surface area contributed by atoms with Gasteiger partial charge in [0.1, 0.15) is 25.3 Å². The standard InChI is InChI=1S/C12H12BrFO3/c1-7(2-3-15)10-8(14)6-9-12(11(10)13)17-5-4-16-9/h3,6-7H,2,4-5H2,1H3. The van der Waals surface area contributed by atoms with Crippen LogP contribution in [0, 0.1) is 5.82 Å². The number of carbonyl (C=O) groups is 1. The summed E-state index contributed by atoms with van der Waals surface area (Å²) in [5, 5.41) is 0. The molecule has 0 amide bonds. The van der Waals surface area contributed by atoms with Crippen molar-refractivity contribution in [3.8, 4) is 11.5 Å². The van der Waals surface area contributed by atoms with E-state index in [-0.39, 0.29) is 18.2 Å². The van der Waals surface area contributed by atoms with E-state index in [0.717, 1.165) is 6.29 Å². The van der Waals surface area contributed by atoms with Crippen LogP contribution in [0.3, 0.4) is 0 Å². The first-order valence-electron chi connectivity index (χ1n) is 5.36. The molecule has 0 bridgehead atoms. The second-order valence-electron chi connectivity index (χ2n) is 3.91. The van der Waals surface area contributed by atoms with Gasteiger partial charge in [-0.05, 0) is 21.8 Å². The van der Waals surface area contributed by atoms with Gasteiger partial charge in [-0.15, -0.1) is 0 Å². The Balaban J connectivity index is 2.48. The molecule has 1 aliphatic heterocycles. The average Bonchev–Trinajstić information content (AvgIpc) is 2.29. The Morgan fingerprint density at radius 1 is 1.53 bits per heavy atom. The molecular formula is C12H12BrFO3. The molecule has 0 aliphatic carbocycles. The zero-order valence-electron chi connectivity index (χ0n) is 9.33. The molecule has 1 atom stereocenters. The third-order valence-corrected chi connectivity index (χ3v) is 3.49. The van der Waals surface area contributed by atoms with E-state index in [4.69, 9.17) is 9.47 Å². The molecule has 0 saturated heterocycles. The van der Waals surface area contributed by atoms with Gasteiger partial charge in [0.15, 0.2) is 11.5 Å². The number of rotatable bonds is 3. The summed E-state index contributed by atoms with van der Waals surface area (Å²) in [5.74, 6) is 0.348. The Hall–Kier alpha value is -1.10. The topological polar surface area (TPSA) is 35.5 Å². The monoisotopic (exact) mass is 302 g/mol. The summed E-state index contributed by atoms with van der Waals surface area (Å²) < 4.78 is 25.2. The second kappa shape index (κ2) is 5.04. The van der Waals surface area contributed by atoms with E-state index < -0.39 is 0 Å². The summed E-state index contributed by atoms with van der Waals surface area (Å²) in [6.45, 7) is 2.66. The Morgan fingerprint density at radius 3 is 2.94 bits per heavy atom. The Kier molecular flexibility index (Phi) is 3.66. The van der Waals surface area contributed by atoms with Gasteiger partial charge < -0.3 is 14.3 Å². The minimum Gasteiger partial charge on any atom is -0.486 e. The molecule has 1 aromatic rings. The van der Waals surface area contributed by atoms with Gasteiger partial charge in [0.05, 0.1) is 4.47 Å². The molecule has 0 N–H and O–H groups in total. The van der Waals surface area contributed by atoms with E-state index in [0.29, 0.717) is 34.7 Å². The number of fused-ring (bicyclic) bond motifs is 1. The molecule has 1 aromatic carbocycles. The number of benzene rings is 1. The van der Waals surface area contributed by atoms with E-state index >= 15 is 0 Å². The van der Waals surface area contributed by atoms with Crippen molar-refractivity contribution in [2.75, 3.05) is 13.2 Å². The Labute approximate surface area is 107 Å². The summed E-state index contributed by atoms with van der Waals surface area (Å²) in [5.41, 5.74) is 0.460. The van der Waals surface area contributed by atoms with Crippen molar-refractivity contribution in [1.29, 1.82) is 0 Å². The third-order valence-electron chi connectivity index (χ3n) is 2.70. The summed E-state index contributed by atoms with van der Waals surface area (Å²) in [6, 6.07) is 1.32. The van der Waals surface area contributed by atoms with Crippen molar-refractivity contribution >= 4 is 22.2 Å². The van der Waals surface area contributed by atoms with E-state index in [9.17, 15) is 9.18 Å². The van der Waals surface area contributed by atoms with Crippen molar-refractivity contribution in [3.63, 3.8) is 0 Å². The molecule has 92 valence electrons. The van der Waals surface area contributed by atoms with Crippen LogP contribution in [0.2, 0.25) is 0 Å². The fourth-order valence-corrected chi connectivity index (χ4v) is 2.73. The molecule has 0 saturated carbocycles. The summed E-state index contributed by atoms with van der Waals surface area (Å²) >= 11 is 3.33. The van der Waals surface area contributed by atoms with Gasteiger partial charge in [0.2, 0.25) is 0 Å². The maximum atomic E-state index is 13.9. The quantitative estimate of drug-likeness (QED) is 0.805. The SMILES string of the molecule is CC(CC=O)c1c(F)cc2c(c1Br)OCCO2. The first kappa shape index (κ1) is 12.4. The lowest BCUT2D eigenvalue weighted by Crippen LogP contribution is -2.17. The van der Waals surface area contributed by atoms with Gasteiger partial charge in [-0.1, -0.05) is 6.92 Å². The predicted octanol–water partition coefficient (Wildman–Crippen LogP) is 3.05. The highest BCUT2D eigenvalue weighted by atomic mass is 79.9. The van der Waals surface area contributed by atoms with Crippen LogP contribution in [0.1, 0.15) is 24.8 Å². The van der Waals surface area contributed by atoms with Crippen molar-refractivity contribution in [1.82, 2.24) is 0 Å². The predicted molar refractivity (Wildman–Crippen MR) is 64.2 cm³/mol. The molecule has 3 nitrogen and oxygen atoms in total. The highest BCUT2D eigenvalue weighted by Gasteiger charge is 2.24. The lowest BCUT2D eigenvalue weighted by atomic mass is 9.97. The zero-order valence-corrected chi connectivity index (χ0v) is 10.9. The molecule has 0 fully saturated rings. The van der Waals surface area contributed by atoms with Crippen LogP contribution in [0.25, 0.3) is 0 Å². The van der Waals surface area contributed by atoms with Gasteiger partial charge in [0.25, 0.3) is 0 Å². The number of halogens is 2. The molecule has 1 aliphatic rings. The van der Waals surface area contributed by atoms with Crippen LogP contribution in [0.15, 0.2) is 10.5 Å². The number of carbonyl (C=O) groups excluding carboxylic acids is 1. The van der Waals surface area contributed by atoms with Crippen LogP contribution in [-0.4, -0.2) is 19.5 Å². The van der Waals surface area contributed by atoms with Crippen molar-refractivity contribution in [2.45, 2.75) is 19.3 Å². The zero-order chi connectivity index (χ0) is 12.4. The van der Waals surface area contributed by atoms with E-state index in [1.807, 2.05) is 0 Å². The van der Waals surface area contributed by atoms with Gasteiger partial charge in [-0.3, -0.25) is 0 Å². The first-order chi connectivity index (χ1) is 8.15. The number of aldehydes is 1. The lowest BCUT2D eigenvalue weighted by Gasteiger charge is -2.23. The molecule has 0 spiro atoms. The molecule has 0 radical (unpaired) electrons.